The second-order valence-corrected chi connectivity index (χ2v) is 7.46. The molecule has 154 valence electrons. The molecule has 2 aromatic heterocycles. The molecule has 28 heavy (non-hydrogen) atoms. The Morgan fingerprint density at radius 3 is 2.61 bits per heavy atom. The number of amides is 1. The van der Waals surface area contributed by atoms with E-state index in [9.17, 15) is 4.79 Å². The van der Waals surface area contributed by atoms with E-state index in [0.29, 0.717) is 38.5 Å². The Morgan fingerprint density at radius 1 is 1.21 bits per heavy atom. The summed E-state index contributed by atoms with van der Waals surface area (Å²) in [5.74, 6) is 0.0125. The highest BCUT2D eigenvalue weighted by Gasteiger charge is 2.26. The van der Waals surface area contributed by atoms with Crippen molar-refractivity contribution in [1.29, 1.82) is 0 Å². The summed E-state index contributed by atoms with van der Waals surface area (Å²) in [5, 5.41) is 0. The van der Waals surface area contributed by atoms with Gasteiger partial charge in [-0.3, -0.25) is 9.69 Å². The first-order valence-electron chi connectivity index (χ1n) is 10.3. The van der Waals surface area contributed by atoms with Crippen molar-refractivity contribution in [3.05, 3.63) is 35.3 Å². The van der Waals surface area contributed by atoms with E-state index in [1.54, 1.807) is 0 Å². The summed E-state index contributed by atoms with van der Waals surface area (Å²) in [5.41, 5.74) is 3.49. The molecule has 1 aliphatic heterocycles. The Morgan fingerprint density at radius 2 is 1.93 bits per heavy atom. The standard InChI is InChI=1S/C21H33N5O2/c1-5-24(6-2)11-10-23(4)16-18-19(21(27)25-12-14-28-15-13-25)22-20-17(3)8-7-9-26(18)20/h7-9H,5-6,10-16H2,1-4H3. The first kappa shape index (κ1) is 20.8. The summed E-state index contributed by atoms with van der Waals surface area (Å²) in [4.78, 5) is 24.5. The van der Waals surface area contributed by atoms with Gasteiger partial charge in [0.1, 0.15) is 5.65 Å². The monoisotopic (exact) mass is 387 g/mol. The van der Waals surface area contributed by atoms with Crippen LogP contribution in [-0.4, -0.2) is 89.5 Å². The molecule has 0 spiro atoms. The number of aromatic nitrogens is 2. The van der Waals surface area contributed by atoms with Crippen LogP contribution in [0.1, 0.15) is 35.6 Å². The summed E-state index contributed by atoms with van der Waals surface area (Å²) >= 11 is 0. The predicted molar refractivity (Wildman–Crippen MR) is 111 cm³/mol. The van der Waals surface area contributed by atoms with Gasteiger partial charge in [0.05, 0.1) is 18.9 Å². The van der Waals surface area contributed by atoms with Crippen LogP contribution in [0.2, 0.25) is 0 Å². The molecule has 7 heteroatoms. The fraction of sp³-hybridized carbons (Fsp3) is 0.619. The van der Waals surface area contributed by atoms with E-state index < -0.39 is 0 Å². The van der Waals surface area contributed by atoms with Gasteiger partial charge < -0.3 is 18.9 Å². The van der Waals surface area contributed by atoms with Crippen molar-refractivity contribution in [2.75, 3.05) is 59.5 Å². The average molecular weight is 388 g/mol. The molecule has 1 amide bonds. The van der Waals surface area contributed by atoms with Crippen LogP contribution in [0, 0.1) is 6.92 Å². The summed E-state index contributed by atoms with van der Waals surface area (Å²) in [6, 6.07) is 4.06. The lowest BCUT2D eigenvalue weighted by Gasteiger charge is -2.27. The number of morpholine rings is 1. The highest BCUT2D eigenvalue weighted by Crippen LogP contribution is 2.19. The fourth-order valence-corrected chi connectivity index (χ4v) is 3.68. The van der Waals surface area contributed by atoms with Gasteiger partial charge in [-0.15, -0.1) is 0 Å². The van der Waals surface area contributed by atoms with E-state index in [0.717, 1.165) is 43.1 Å². The first-order chi connectivity index (χ1) is 13.5. The Hall–Kier alpha value is -1.96. The molecule has 0 radical (unpaired) electrons. The Labute approximate surface area is 167 Å². The van der Waals surface area contributed by atoms with Gasteiger partial charge in [0, 0.05) is 38.9 Å². The number of aryl methyl sites for hydroxylation is 1. The number of carbonyl (C=O) groups excluding carboxylic acids is 1. The number of pyridine rings is 1. The lowest BCUT2D eigenvalue weighted by atomic mass is 10.2. The highest BCUT2D eigenvalue weighted by atomic mass is 16.5. The van der Waals surface area contributed by atoms with Crippen molar-refractivity contribution in [2.45, 2.75) is 27.3 Å². The molecule has 0 unspecified atom stereocenters. The summed E-state index contributed by atoms with van der Waals surface area (Å²) in [6.45, 7) is 13.6. The molecule has 7 nitrogen and oxygen atoms in total. The van der Waals surface area contributed by atoms with Crippen LogP contribution in [0.25, 0.3) is 5.65 Å². The number of hydrogen-bond donors (Lipinski definition) is 0. The zero-order valence-electron chi connectivity index (χ0n) is 17.6. The second kappa shape index (κ2) is 9.49. The van der Waals surface area contributed by atoms with E-state index in [2.05, 4.69) is 35.1 Å². The van der Waals surface area contributed by atoms with Crippen molar-refractivity contribution in [1.82, 2.24) is 24.1 Å². The molecule has 0 N–H and O–H groups in total. The quantitative estimate of drug-likeness (QED) is 0.692. The molecule has 2 aromatic rings. The zero-order valence-corrected chi connectivity index (χ0v) is 17.6. The molecule has 0 bridgehead atoms. The van der Waals surface area contributed by atoms with Gasteiger partial charge >= 0.3 is 0 Å². The minimum Gasteiger partial charge on any atom is -0.378 e. The van der Waals surface area contributed by atoms with E-state index >= 15 is 0 Å². The predicted octanol–water partition coefficient (Wildman–Crippen LogP) is 1.89. The van der Waals surface area contributed by atoms with Crippen molar-refractivity contribution in [2.24, 2.45) is 0 Å². The van der Waals surface area contributed by atoms with Crippen LogP contribution in [0.4, 0.5) is 0 Å². The molecule has 1 fully saturated rings. The van der Waals surface area contributed by atoms with E-state index in [1.165, 1.54) is 0 Å². The highest BCUT2D eigenvalue weighted by molar-refractivity contribution is 5.94. The third-order valence-electron chi connectivity index (χ3n) is 5.56. The molecule has 3 heterocycles. The molecular formula is C21H33N5O2. The van der Waals surface area contributed by atoms with Gasteiger partial charge in [-0.25, -0.2) is 4.98 Å². The van der Waals surface area contributed by atoms with Gasteiger partial charge in [-0.2, -0.15) is 0 Å². The maximum absolute atomic E-state index is 13.2. The molecule has 1 saturated heterocycles. The topological polar surface area (TPSA) is 53.3 Å². The first-order valence-corrected chi connectivity index (χ1v) is 10.3. The Balaban J connectivity index is 1.86. The Bertz CT molecular complexity index is 793. The molecule has 0 saturated carbocycles. The van der Waals surface area contributed by atoms with Gasteiger partial charge in [0.25, 0.3) is 5.91 Å². The van der Waals surface area contributed by atoms with E-state index in [-0.39, 0.29) is 5.91 Å². The minimum atomic E-state index is 0.0125. The number of ether oxygens (including phenoxy) is 1. The van der Waals surface area contributed by atoms with Gasteiger partial charge in [0.2, 0.25) is 0 Å². The second-order valence-electron chi connectivity index (χ2n) is 7.46. The van der Waals surface area contributed by atoms with Crippen LogP contribution in [0.15, 0.2) is 18.3 Å². The molecule has 0 atom stereocenters. The van der Waals surface area contributed by atoms with Gasteiger partial charge in [0.15, 0.2) is 5.69 Å². The number of rotatable bonds is 8. The fourth-order valence-electron chi connectivity index (χ4n) is 3.68. The van der Waals surface area contributed by atoms with Crippen molar-refractivity contribution in [3.8, 4) is 0 Å². The smallest absolute Gasteiger partial charge is 0.274 e. The zero-order chi connectivity index (χ0) is 20.1. The average Bonchev–Trinajstić information content (AvgIpc) is 3.08. The summed E-state index contributed by atoms with van der Waals surface area (Å²) in [6.07, 6.45) is 2.01. The van der Waals surface area contributed by atoms with Crippen LogP contribution in [-0.2, 0) is 11.3 Å². The number of imidazole rings is 1. The molecule has 1 aliphatic rings. The van der Waals surface area contributed by atoms with Gasteiger partial charge in [-0.05, 0) is 38.7 Å². The molecular weight excluding hydrogens is 354 g/mol. The van der Waals surface area contributed by atoms with Crippen molar-refractivity contribution in [3.63, 3.8) is 0 Å². The van der Waals surface area contributed by atoms with Crippen LogP contribution in [0.5, 0.6) is 0 Å². The van der Waals surface area contributed by atoms with Crippen molar-refractivity contribution < 1.29 is 9.53 Å². The third-order valence-corrected chi connectivity index (χ3v) is 5.56. The Kier molecular flexibility index (Phi) is 7.04. The van der Waals surface area contributed by atoms with Crippen LogP contribution >= 0.6 is 0 Å². The van der Waals surface area contributed by atoms with Crippen LogP contribution in [0.3, 0.4) is 0 Å². The molecule has 3 rings (SSSR count). The normalized spacial score (nSPS) is 15.1. The number of hydrogen-bond acceptors (Lipinski definition) is 5. The maximum atomic E-state index is 13.2. The third kappa shape index (κ3) is 4.54. The number of likely N-dealkylation sites (N-methyl/N-ethyl adjacent to an activating group) is 2. The number of nitrogens with zero attached hydrogens (tertiary/aromatic N) is 5. The van der Waals surface area contributed by atoms with Crippen LogP contribution < -0.4 is 0 Å². The SMILES string of the molecule is CCN(CC)CCN(C)Cc1c(C(=O)N2CCOCC2)nc2c(C)cccn12. The maximum Gasteiger partial charge on any atom is 0.274 e. The largest absolute Gasteiger partial charge is 0.378 e. The lowest BCUT2D eigenvalue weighted by Crippen LogP contribution is -2.41. The minimum absolute atomic E-state index is 0.0125. The van der Waals surface area contributed by atoms with E-state index in [4.69, 9.17) is 9.72 Å². The number of fused-ring (bicyclic) bond motifs is 1. The molecule has 0 aromatic carbocycles. The van der Waals surface area contributed by atoms with Gasteiger partial charge in [-0.1, -0.05) is 19.9 Å². The summed E-state index contributed by atoms with van der Waals surface area (Å²) < 4.78 is 7.48. The number of carbonyl (C=O) groups is 1. The van der Waals surface area contributed by atoms with Crippen molar-refractivity contribution >= 4 is 11.6 Å². The lowest BCUT2D eigenvalue weighted by molar-refractivity contribution is 0.0298. The molecule has 0 aliphatic carbocycles. The summed E-state index contributed by atoms with van der Waals surface area (Å²) in [7, 11) is 2.11. The van der Waals surface area contributed by atoms with E-state index in [1.807, 2.05) is 30.2 Å².